The van der Waals surface area contributed by atoms with E-state index in [4.69, 9.17) is 4.74 Å². The van der Waals surface area contributed by atoms with Crippen LogP contribution in [0, 0.1) is 5.41 Å². The number of hydrogen-bond donors (Lipinski definition) is 0. The maximum Gasteiger partial charge on any atom is 0.137 e. The highest BCUT2D eigenvalue weighted by Gasteiger charge is 2.27. The quantitative estimate of drug-likeness (QED) is 0.400. The largest absolute Gasteiger partial charge is 0.488 e. The Balaban J connectivity index is 1.96. The molecule has 2 nitrogen and oxygen atoms in total. The number of quaternary nitrogens is 1. The number of hydrogen-bond acceptors (Lipinski definition) is 1. The molecule has 0 aromatic heterocycles. The van der Waals surface area contributed by atoms with Crippen LogP contribution in [-0.2, 0) is 12.0 Å². The van der Waals surface area contributed by atoms with Crippen LogP contribution in [0.1, 0.15) is 66.0 Å². The zero-order chi connectivity index (χ0) is 21.5. The van der Waals surface area contributed by atoms with Crippen molar-refractivity contribution in [2.24, 2.45) is 5.41 Å². The molecule has 0 radical (unpaired) electrons. The highest BCUT2D eigenvalue weighted by atomic mass is 16.5. The van der Waals surface area contributed by atoms with Crippen molar-refractivity contribution in [1.82, 2.24) is 0 Å². The van der Waals surface area contributed by atoms with Gasteiger partial charge in [-0.3, -0.25) is 0 Å². The van der Waals surface area contributed by atoms with Gasteiger partial charge in [-0.2, -0.15) is 0 Å². The molecule has 0 aliphatic rings. The van der Waals surface area contributed by atoms with Crippen LogP contribution in [0.25, 0.3) is 0 Å². The van der Waals surface area contributed by atoms with Gasteiger partial charge in [-0.15, -0.1) is 0 Å². The van der Waals surface area contributed by atoms with Crippen molar-refractivity contribution in [3.05, 3.63) is 65.7 Å². The molecule has 2 aromatic rings. The second-order valence-corrected chi connectivity index (χ2v) is 10.3. The molecule has 0 aliphatic carbocycles. The minimum atomic E-state index is 0.170. The first-order valence-electron chi connectivity index (χ1n) is 11.2. The third-order valence-corrected chi connectivity index (χ3v) is 6.14. The molecule has 0 unspecified atom stereocenters. The number of nitrogens with zero attached hydrogens (tertiary/aromatic N) is 1. The van der Waals surface area contributed by atoms with Gasteiger partial charge in [0.1, 0.15) is 25.4 Å². The van der Waals surface area contributed by atoms with Crippen LogP contribution in [0.2, 0.25) is 0 Å². The fourth-order valence-corrected chi connectivity index (χ4v) is 4.60. The van der Waals surface area contributed by atoms with Gasteiger partial charge in [0, 0.05) is 5.56 Å². The van der Waals surface area contributed by atoms with Gasteiger partial charge in [-0.25, -0.2) is 0 Å². The number of rotatable bonds is 10. The maximum atomic E-state index is 6.16. The predicted octanol–water partition coefficient (Wildman–Crippen LogP) is 6.84. The van der Waals surface area contributed by atoms with Gasteiger partial charge in [-0.1, -0.05) is 77.1 Å². The molecule has 29 heavy (non-hydrogen) atoms. The Hall–Kier alpha value is -1.80. The summed E-state index contributed by atoms with van der Waals surface area (Å²) in [6, 6.07) is 19.6. The fourth-order valence-electron chi connectivity index (χ4n) is 4.60. The predicted molar refractivity (Wildman–Crippen MR) is 125 cm³/mol. The maximum absolute atomic E-state index is 6.16. The van der Waals surface area contributed by atoms with E-state index in [0.29, 0.717) is 5.41 Å². The highest BCUT2D eigenvalue weighted by Crippen LogP contribution is 2.36. The van der Waals surface area contributed by atoms with Gasteiger partial charge in [0.25, 0.3) is 0 Å². The molecule has 0 heterocycles. The van der Waals surface area contributed by atoms with Crippen LogP contribution in [0.4, 0.5) is 0 Å². The average molecular weight is 397 g/mol. The van der Waals surface area contributed by atoms with Crippen molar-refractivity contribution in [1.29, 1.82) is 0 Å². The number of ether oxygens (including phenoxy) is 1. The zero-order valence-corrected chi connectivity index (χ0v) is 19.8. The summed E-state index contributed by atoms with van der Waals surface area (Å²) in [4.78, 5) is 0. The Bertz CT molecular complexity index is 721. The lowest BCUT2D eigenvalue weighted by molar-refractivity contribution is -0.937. The van der Waals surface area contributed by atoms with Gasteiger partial charge in [0.2, 0.25) is 0 Å². The molecule has 0 N–H and O–H groups in total. The third kappa shape index (κ3) is 7.19. The topological polar surface area (TPSA) is 9.23 Å². The number of likely N-dealkylation sites (N-methyl/N-ethyl adjacent to an activating group) is 1. The second-order valence-electron chi connectivity index (χ2n) is 10.3. The summed E-state index contributed by atoms with van der Waals surface area (Å²) < 4.78 is 7.21. The summed E-state index contributed by atoms with van der Waals surface area (Å²) >= 11 is 0. The van der Waals surface area contributed by atoms with Gasteiger partial charge in [-0.05, 0) is 48.8 Å². The summed E-state index contributed by atoms with van der Waals surface area (Å²) in [5, 5.41) is 0. The van der Waals surface area contributed by atoms with Gasteiger partial charge in [0.05, 0.1) is 13.1 Å². The van der Waals surface area contributed by atoms with Crippen LogP contribution in [-0.4, -0.2) is 30.7 Å². The fraction of sp³-hybridized carbons (Fsp3) is 0.556. The summed E-state index contributed by atoms with van der Waals surface area (Å²) in [6.45, 7) is 21.3. The molecular formula is C27H42NO+. The van der Waals surface area contributed by atoms with Crippen LogP contribution in [0.5, 0.6) is 5.75 Å². The van der Waals surface area contributed by atoms with Crippen LogP contribution in [0.15, 0.2) is 54.6 Å². The Morgan fingerprint density at radius 3 is 1.90 bits per heavy atom. The minimum Gasteiger partial charge on any atom is -0.488 e. The molecule has 160 valence electrons. The van der Waals surface area contributed by atoms with Crippen molar-refractivity contribution in [2.75, 3.05) is 26.2 Å². The van der Waals surface area contributed by atoms with Crippen molar-refractivity contribution in [3.8, 4) is 5.75 Å². The number of benzene rings is 2. The average Bonchev–Trinajstić information content (AvgIpc) is 2.66. The molecule has 0 saturated heterocycles. The lowest BCUT2D eigenvalue weighted by Crippen LogP contribution is -2.49. The smallest absolute Gasteiger partial charge is 0.137 e. The van der Waals surface area contributed by atoms with E-state index in [1.807, 2.05) is 0 Å². The van der Waals surface area contributed by atoms with E-state index in [1.165, 1.54) is 11.1 Å². The molecule has 0 saturated carbocycles. The first-order chi connectivity index (χ1) is 13.6. The lowest BCUT2D eigenvalue weighted by Gasteiger charge is -2.37. The molecule has 2 aromatic carbocycles. The van der Waals surface area contributed by atoms with E-state index in [2.05, 4.69) is 103 Å². The molecule has 0 fully saturated rings. The molecule has 0 aliphatic heterocycles. The molecule has 0 spiro atoms. The molecule has 0 amide bonds. The normalized spacial score (nSPS) is 12.8. The van der Waals surface area contributed by atoms with Crippen molar-refractivity contribution in [2.45, 2.75) is 66.8 Å². The van der Waals surface area contributed by atoms with E-state index in [0.717, 1.165) is 49.4 Å². The molecule has 2 rings (SSSR count). The summed E-state index contributed by atoms with van der Waals surface area (Å²) in [5.74, 6) is 0.977. The molecule has 2 heteroatoms. The van der Waals surface area contributed by atoms with Crippen LogP contribution < -0.4 is 4.74 Å². The first-order valence-corrected chi connectivity index (χ1v) is 11.2. The van der Waals surface area contributed by atoms with Gasteiger partial charge in [0.15, 0.2) is 0 Å². The monoisotopic (exact) mass is 396 g/mol. The summed E-state index contributed by atoms with van der Waals surface area (Å²) in [7, 11) is 0. The lowest BCUT2D eigenvalue weighted by atomic mass is 9.72. The van der Waals surface area contributed by atoms with Gasteiger partial charge < -0.3 is 9.22 Å². The second kappa shape index (κ2) is 9.80. The zero-order valence-electron chi connectivity index (χ0n) is 19.8. The van der Waals surface area contributed by atoms with E-state index in [1.54, 1.807) is 0 Å². The molecule has 0 bridgehead atoms. The SMILES string of the molecule is CC[N+](CC)(CCOc1ccc(C(C)(C)CC(C)(C)C)cc1)Cc1ccccc1. The third-order valence-electron chi connectivity index (χ3n) is 6.14. The summed E-state index contributed by atoms with van der Waals surface area (Å²) in [6.07, 6.45) is 1.16. The first kappa shape index (κ1) is 23.5. The van der Waals surface area contributed by atoms with Crippen LogP contribution >= 0.6 is 0 Å². The Morgan fingerprint density at radius 2 is 1.38 bits per heavy atom. The van der Waals surface area contributed by atoms with Crippen molar-refractivity contribution < 1.29 is 9.22 Å². The minimum absolute atomic E-state index is 0.170. The molecule has 0 atom stereocenters. The highest BCUT2D eigenvalue weighted by molar-refractivity contribution is 5.31. The van der Waals surface area contributed by atoms with E-state index < -0.39 is 0 Å². The van der Waals surface area contributed by atoms with Crippen LogP contribution in [0.3, 0.4) is 0 Å². The summed E-state index contributed by atoms with van der Waals surface area (Å²) in [5.41, 5.74) is 3.28. The Kier molecular flexibility index (Phi) is 7.94. The standard InChI is InChI=1S/C27H42NO/c1-8-28(9-2,21-23-13-11-10-12-14-23)19-20-29-25-17-15-24(16-18-25)27(6,7)22-26(3,4)5/h10-18H,8-9,19-22H2,1-7H3/q+1. The molecular weight excluding hydrogens is 354 g/mol. The van der Waals surface area contributed by atoms with Crippen molar-refractivity contribution in [3.63, 3.8) is 0 Å². The Labute approximate surface area is 179 Å². The van der Waals surface area contributed by atoms with E-state index in [9.17, 15) is 0 Å². The Morgan fingerprint density at radius 1 is 0.793 bits per heavy atom. The van der Waals surface area contributed by atoms with Crippen molar-refractivity contribution >= 4 is 0 Å². The van der Waals surface area contributed by atoms with E-state index >= 15 is 0 Å². The van der Waals surface area contributed by atoms with Gasteiger partial charge >= 0.3 is 0 Å². The van der Waals surface area contributed by atoms with E-state index in [-0.39, 0.29) is 5.41 Å².